The molecule has 2 aliphatic heterocycles. The predicted octanol–water partition coefficient (Wildman–Crippen LogP) is 0.974. The van der Waals surface area contributed by atoms with Gasteiger partial charge in [-0.15, -0.1) is 0 Å². The Labute approximate surface area is 121 Å². The van der Waals surface area contributed by atoms with E-state index in [1.807, 2.05) is 6.92 Å². The summed E-state index contributed by atoms with van der Waals surface area (Å²) in [6.45, 7) is 2.52. The van der Waals surface area contributed by atoms with E-state index in [4.69, 9.17) is 5.11 Å². The average molecular weight is 288 g/mol. The normalized spacial score (nSPS) is 23.9. The van der Waals surface area contributed by atoms with E-state index in [0.29, 0.717) is 24.2 Å². The topological polar surface area (TPSA) is 86.7 Å². The number of fused-ring (bicyclic) bond motifs is 1. The van der Waals surface area contributed by atoms with Gasteiger partial charge < -0.3 is 15.3 Å². The molecular weight excluding hydrogens is 272 g/mol. The zero-order valence-corrected chi connectivity index (χ0v) is 11.6. The predicted molar refractivity (Wildman–Crippen MR) is 75.0 cm³/mol. The molecule has 2 atom stereocenters. The molecule has 3 rings (SSSR count). The number of carboxylic acids is 1. The second-order valence-corrected chi connectivity index (χ2v) is 5.73. The van der Waals surface area contributed by atoms with Crippen molar-refractivity contribution in [1.29, 1.82) is 0 Å². The fourth-order valence-electron chi connectivity index (χ4n) is 2.98. The van der Waals surface area contributed by atoms with E-state index >= 15 is 0 Å². The van der Waals surface area contributed by atoms with Gasteiger partial charge in [-0.05, 0) is 23.6 Å². The number of hydrogen-bond acceptors (Lipinski definition) is 3. The summed E-state index contributed by atoms with van der Waals surface area (Å²) in [6, 6.07) is 5.14. The van der Waals surface area contributed by atoms with Crippen molar-refractivity contribution in [3.05, 3.63) is 29.3 Å². The maximum atomic E-state index is 12.5. The summed E-state index contributed by atoms with van der Waals surface area (Å²) in [5.41, 5.74) is 2.04. The number of likely N-dealkylation sites (tertiary alicyclic amines) is 1. The summed E-state index contributed by atoms with van der Waals surface area (Å²) in [7, 11) is 0. The van der Waals surface area contributed by atoms with E-state index in [1.165, 1.54) is 0 Å². The Morgan fingerprint density at radius 1 is 1.33 bits per heavy atom. The van der Waals surface area contributed by atoms with E-state index in [-0.39, 0.29) is 24.3 Å². The van der Waals surface area contributed by atoms with Gasteiger partial charge >= 0.3 is 5.97 Å². The minimum absolute atomic E-state index is 0.0550. The summed E-state index contributed by atoms with van der Waals surface area (Å²) in [5, 5.41) is 11.8. The molecule has 0 bridgehead atoms. The summed E-state index contributed by atoms with van der Waals surface area (Å²) in [4.78, 5) is 36.5. The van der Waals surface area contributed by atoms with E-state index in [2.05, 4.69) is 5.32 Å². The molecule has 0 saturated carbocycles. The van der Waals surface area contributed by atoms with Crippen molar-refractivity contribution >= 4 is 23.5 Å². The Bertz CT molecular complexity index is 641. The number of amides is 2. The molecule has 2 aliphatic rings. The van der Waals surface area contributed by atoms with Crippen LogP contribution in [-0.2, 0) is 16.0 Å². The van der Waals surface area contributed by atoms with Gasteiger partial charge in [0.05, 0.1) is 12.3 Å². The highest BCUT2D eigenvalue weighted by molar-refractivity contribution is 6.02. The number of carbonyl (C=O) groups is 3. The van der Waals surface area contributed by atoms with E-state index in [1.54, 1.807) is 23.1 Å². The highest BCUT2D eigenvalue weighted by atomic mass is 16.4. The van der Waals surface area contributed by atoms with E-state index in [9.17, 15) is 14.4 Å². The van der Waals surface area contributed by atoms with Crippen molar-refractivity contribution in [3.63, 3.8) is 0 Å². The maximum absolute atomic E-state index is 12.5. The molecule has 0 aliphatic carbocycles. The van der Waals surface area contributed by atoms with Crippen LogP contribution < -0.4 is 5.32 Å². The van der Waals surface area contributed by atoms with Crippen molar-refractivity contribution in [2.45, 2.75) is 13.3 Å². The van der Waals surface area contributed by atoms with Crippen molar-refractivity contribution in [2.75, 3.05) is 18.4 Å². The molecule has 1 aromatic carbocycles. The Kier molecular flexibility index (Phi) is 3.16. The van der Waals surface area contributed by atoms with Gasteiger partial charge in [0, 0.05) is 24.3 Å². The molecule has 6 nitrogen and oxygen atoms in total. The molecule has 0 spiro atoms. The number of nitrogens with one attached hydrogen (secondary N) is 1. The highest BCUT2D eigenvalue weighted by Crippen LogP contribution is 2.28. The lowest BCUT2D eigenvalue weighted by atomic mass is 9.99. The van der Waals surface area contributed by atoms with Crippen molar-refractivity contribution in [2.24, 2.45) is 11.8 Å². The Morgan fingerprint density at radius 3 is 2.76 bits per heavy atom. The van der Waals surface area contributed by atoms with Gasteiger partial charge in [0.25, 0.3) is 5.91 Å². The number of carboxylic acid groups (broad SMARTS) is 1. The number of aliphatic carboxylic acids is 1. The van der Waals surface area contributed by atoms with Crippen LogP contribution in [0.25, 0.3) is 0 Å². The molecule has 110 valence electrons. The smallest absolute Gasteiger partial charge is 0.308 e. The molecule has 21 heavy (non-hydrogen) atoms. The van der Waals surface area contributed by atoms with Crippen LogP contribution in [0.4, 0.5) is 5.69 Å². The third-order valence-corrected chi connectivity index (χ3v) is 4.20. The van der Waals surface area contributed by atoms with Crippen LogP contribution in [0.15, 0.2) is 18.2 Å². The first-order valence-corrected chi connectivity index (χ1v) is 6.90. The zero-order chi connectivity index (χ0) is 15.1. The van der Waals surface area contributed by atoms with E-state index in [0.717, 1.165) is 5.56 Å². The third kappa shape index (κ3) is 2.37. The molecule has 2 amide bonds. The number of carbonyl (C=O) groups excluding carboxylic acids is 2. The standard InChI is InChI=1S/C15H16N2O4/c1-8-6-17(7-11(8)15(20)21)14(19)10-3-2-9-5-13(18)16-12(9)4-10/h2-4,8,11H,5-7H2,1H3,(H,16,18)(H,20,21)/t8-,11-/m1/s1. The first-order valence-electron chi connectivity index (χ1n) is 6.90. The number of hydrogen-bond donors (Lipinski definition) is 2. The minimum Gasteiger partial charge on any atom is -0.481 e. The molecule has 1 aromatic rings. The summed E-state index contributed by atoms with van der Waals surface area (Å²) in [5.74, 6) is -1.69. The number of nitrogens with zero attached hydrogens (tertiary/aromatic N) is 1. The summed E-state index contributed by atoms with van der Waals surface area (Å²) < 4.78 is 0. The van der Waals surface area contributed by atoms with Crippen LogP contribution in [0.1, 0.15) is 22.8 Å². The zero-order valence-electron chi connectivity index (χ0n) is 11.6. The summed E-state index contributed by atoms with van der Waals surface area (Å²) in [6.07, 6.45) is 0.339. The molecule has 0 radical (unpaired) electrons. The lowest BCUT2D eigenvalue weighted by Crippen LogP contribution is -2.29. The van der Waals surface area contributed by atoms with Gasteiger partial charge in [0.15, 0.2) is 0 Å². The van der Waals surface area contributed by atoms with Crippen LogP contribution in [0, 0.1) is 11.8 Å². The van der Waals surface area contributed by atoms with Crippen LogP contribution in [0.5, 0.6) is 0 Å². The first-order chi connectivity index (χ1) is 9.95. The van der Waals surface area contributed by atoms with Gasteiger partial charge in [-0.3, -0.25) is 14.4 Å². The largest absolute Gasteiger partial charge is 0.481 e. The lowest BCUT2D eigenvalue weighted by Gasteiger charge is -2.16. The second kappa shape index (κ2) is 4.87. The molecular formula is C15H16N2O4. The first kappa shape index (κ1) is 13.6. The molecule has 1 fully saturated rings. The van der Waals surface area contributed by atoms with E-state index < -0.39 is 11.9 Å². The number of benzene rings is 1. The van der Waals surface area contributed by atoms with Gasteiger partial charge in [-0.2, -0.15) is 0 Å². The van der Waals surface area contributed by atoms with Crippen molar-refractivity contribution in [1.82, 2.24) is 4.90 Å². The van der Waals surface area contributed by atoms with Gasteiger partial charge in [0.2, 0.25) is 5.91 Å². The van der Waals surface area contributed by atoms with Gasteiger partial charge in [0.1, 0.15) is 0 Å². The average Bonchev–Trinajstić information content (AvgIpc) is 2.98. The van der Waals surface area contributed by atoms with Crippen molar-refractivity contribution < 1.29 is 19.5 Å². The molecule has 0 unspecified atom stereocenters. The van der Waals surface area contributed by atoms with Crippen molar-refractivity contribution in [3.8, 4) is 0 Å². The Morgan fingerprint density at radius 2 is 2.10 bits per heavy atom. The molecule has 6 heteroatoms. The third-order valence-electron chi connectivity index (χ3n) is 4.20. The number of anilines is 1. The number of rotatable bonds is 2. The quantitative estimate of drug-likeness (QED) is 0.849. The molecule has 0 aromatic heterocycles. The lowest BCUT2D eigenvalue weighted by molar-refractivity contribution is -0.142. The fourth-order valence-corrected chi connectivity index (χ4v) is 2.98. The second-order valence-electron chi connectivity index (χ2n) is 5.73. The fraction of sp³-hybridized carbons (Fsp3) is 0.400. The van der Waals surface area contributed by atoms with Crippen LogP contribution in [0.3, 0.4) is 0 Å². The van der Waals surface area contributed by atoms with Crippen LogP contribution in [0.2, 0.25) is 0 Å². The Hall–Kier alpha value is -2.37. The van der Waals surface area contributed by atoms with Gasteiger partial charge in [-0.1, -0.05) is 13.0 Å². The molecule has 2 heterocycles. The Balaban J connectivity index is 1.79. The summed E-state index contributed by atoms with van der Waals surface area (Å²) >= 11 is 0. The van der Waals surface area contributed by atoms with Crippen LogP contribution in [-0.4, -0.2) is 40.9 Å². The SMILES string of the molecule is C[C@@H]1CN(C(=O)c2ccc3c(c2)NC(=O)C3)C[C@H]1C(=O)O. The molecule has 2 N–H and O–H groups in total. The maximum Gasteiger partial charge on any atom is 0.308 e. The van der Waals surface area contributed by atoms with Gasteiger partial charge in [-0.25, -0.2) is 0 Å². The van der Waals surface area contributed by atoms with Crippen LogP contribution >= 0.6 is 0 Å². The molecule has 1 saturated heterocycles. The monoisotopic (exact) mass is 288 g/mol. The highest BCUT2D eigenvalue weighted by Gasteiger charge is 2.37. The minimum atomic E-state index is -0.862.